The Kier molecular flexibility index (Phi) is 7.00. The molecule has 1 N–H and O–H groups in total. The Morgan fingerprint density at radius 1 is 1.05 bits per heavy atom. The number of anilines is 1. The fourth-order valence-corrected chi connectivity index (χ4v) is 4.80. The molecular weight excluding hydrogens is 540 g/mol. The van der Waals surface area contributed by atoms with Crippen LogP contribution in [0.3, 0.4) is 0 Å². The summed E-state index contributed by atoms with van der Waals surface area (Å²) in [4.78, 5) is 21.1. The number of hydrogen-bond acceptors (Lipinski definition) is 4. The first-order valence-corrected chi connectivity index (χ1v) is 12.4. The van der Waals surface area contributed by atoms with Crippen molar-refractivity contribution in [1.82, 2.24) is 14.5 Å². The summed E-state index contributed by atoms with van der Waals surface area (Å²) in [6.07, 6.45) is 0.997. The summed E-state index contributed by atoms with van der Waals surface area (Å²) in [6, 6.07) is 16.4. The number of thiazole rings is 1. The number of hydrogen-bond donors (Lipinski definition) is 1. The number of halogens is 5. The number of carbonyl (C=O) groups is 1. The lowest BCUT2D eigenvalue weighted by molar-refractivity contribution is -0.139. The minimum Gasteiger partial charge on any atom is -0.307 e. The van der Waals surface area contributed by atoms with Crippen LogP contribution < -0.4 is 5.32 Å². The summed E-state index contributed by atoms with van der Waals surface area (Å²) in [5, 5.41) is 4.23. The minimum atomic E-state index is -4.84. The van der Waals surface area contributed by atoms with E-state index in [9.17, 15) is 22.4 Å². The topological polar surface area (TPSA) is 59.8 Å². The number of nitrogens with one attached hydrogen (secondary N) is 1. The van der Waals surface area contributed by atoms with Crippen LogP contribution in [0.5, 0.6) is 0 Å². The molecule has 5 rings (SSSR count). The van der Waals surface area contributed by atoms with Gasteiger partial charge in [-0.2, -0.15) is 13.2 Å². The van der Waals surface area contributed by atoms with Gasteiger partial charge in [-0.25, -0.2) is 14.4 Å². The van der Waals surface area contributed by atoms with Crippen LogP contribution in [0.1, 0.15) is 27.0 Å². The van der Waals surface area contributed by atoms with Gasteiger partial charge < -0.3 is 4.57 Å². The second-order valence-corrected chi connectivity index (χ2v) is 9.54. The summed E-state index contributed by atoms with van der Waals surface area (Å²) < 4.78 is 55.3. The lowest BCUT2D eigenvalue weighted by atomic mass is 10.1. The maximum absolute atomic E-state index is 14.5. The van der Waals surface area contributed by atoms with Gasteiger partial charge >= 0.3 is 6.18 Å². The molecule has 0 bridgehead atoms. The number of carbonyl (C=O) groups excluding carboxylic acids is 1. The molecule has 0 saturated heterocycles. The van der Waals surface area contributed by atoms with Crippen LogP contribution in [0.15, 0.2) is 84.6 Å². The zero-order valence-electron chi connectivity index (χ0n) is 19.3. The van der Waals surface area contributed by atoms with Crippen LogP contribution in [-0.2, 0) is 12.6 Å². The highest BCUT2D eigenvalue weighted by atomic mass is 35.5. The number of aromatic nitrogens is 3. The third kappa shape index (κ3) is 5.46. The number of pyridine rings is 1. The van der Waals surface area contributed by atoms with Gasteiger partial charge in [0.25, 0.3) is 5.91 Å². The monoisotopic (exact) mass is 556 g/mol. The van der Waals surface area contributed by atoms with E-state index in [1.165, 1.54) is 23.7 Å². The molecule has 3 aromatic heterocycles. The van der Waals surface area contributed by atoms with Crippen LogP contribution in [0.2, 0.25) is 5.02 Å². The Labute approximate surface area is 223 Å². The van der Waals surface area contributed by atoms with E-state index in [1.54, 1.807) is 4.57 Å². The van der Waals surface area contributed by atoms with E-state index in [-0.39, 0.29) is 27.0 Å². The molecule has 5 nitrogen and oxygen atoms in total. The van der Waals surface area contributed by atoms with Crippen molar-refractivity contribution in [2.24, 2.45) is 0 Å². The zero-order valence-corrected chi connectivity index (χ0v) is 20.9. The Bertz CT molecular complexity index is 1620. The highest BCUT2D eigenvalue weighted by Gasteiger charge is 2.35. The molecule has 0 aliphatic rings. The standard InChI is InChI=1S/C27H17ClF4N4OS/c28-21-12-18(13-33-24(21)36-10-9-17(14-36)11-16-5-2-1-3-6-16)25(37)35-26-34-22(15-38-26)19-7-4-8-20(23(19)29)27(30,31)32/h1-10,12-15H,11H2,(H,34,35,37). The van der Waals surface area contributed by atoms with Crippen LogP contribution in [-0.4, -0.2) is 20.4 Å². The predicted molar refractivity (Wildman–Crippen MR) is 138 cm³/mol. The third-order valence-electron chi connectivity index (χ3n) is 5.64. The maximum atomic E-state index is 14.5. The summed E-state index contributed by atoms with van der Waals surface area (Å²) >= 11 is 7.37. The SMILES string of the molecule is O=C(Nc1nc(-c2cccc(C(F)(F)F)c2F)cs1)c1cnc(-n2ccc(Cc3ccccc3)c2)c(Cl)c1. The second-order valence-electron chi connectivity index (χ2n) is 8.28. The molecule has 3 heterocycles. The van der Waals surface area contributed by atoms with Gasteiger partial charge in [-0.05, 0) is 41.8 Å². The van der Waals surface area contributed by atoms with Crippen LogP contribution in [0, 0.1) is 5.82 Å². The van der Waals surface area contributed by atoms with Gasteiger partial charge in [-0.15, -0.1) is 11.3 Å². The van der Waals surface area contributed by atoms with Crippen molar-refractivity contribution >= 4 is 34.0 Å². The van der Waals surface area contributed by atoms with Crippen molar-refractivity contribution < 1.29 is 22.4 Å². The Morgan fingerprint density at radius 3 is 2.58 bits per heavy atom. The van der Waals surface area contributed by atoms with E-state index < -0.39 is 23.5 Å². The fourth-order valence-electron chi connectivity index (χ4n) is 3.83. The van der Waals surface area contributed by atoms with Gasteiger partial charge in [0.05, 0.1) is 21.8 Å². The van der Waals surface area contributed by atoms with Gasteiger partial charge in [0.15, 0.2) is 10.9 Å². The van der Waals surface area contributed by atoms with Crippen molar-refractivity contribution in [3.8, 4) is 17.1 Å². The average Bonchev–Trinajstić information content (AvgIpc) is 3.54. The number of amides is 1. The van der Waals surface area contributed by atoms with Gasteiger partial charge in [-0.1, -0.05) is 48.0 Å². The molecule has 0 atom stereocenters. The van der Waals surface area contributed by atoms with Gasteiger partial charge in [0, 0.05) is 29.5 Å². The zero-order chi connectivity index (χ0) is 26.9. The summed E-state index contributed by atoms with van der Waals surface area (Å²) in [6.45, 7) is 0. The first kappa shape index (κ1) is 25.6. The summed E-state index contributed by atoms with van der Waals surface area (Å²) in [5.74, 6) is -1.56. The highest BCUT2D eigenvalue weighted by Crippen LogP contribution is 2.36. The Morgan fingerprint density at radius 2 is 1.84 bits per heavy atom. The molecule has 0 radical (unpaired) electrons. The quantitative estimate of drug-likeness (QED) is 0.219. The number of alkyl halides is 3. The predicted octanol–water partition coefficient (Wildman–Crippen LogP) is 7.65. The van der Waals surface area contributed by atoms with E-state index in [4.69, 9.17) is 11.6 Å². The van der Waals surface area contributed by atoms with Crippen LogP contribution in [0.25, 0.3) is 17.1 Å². The van der Waals surface area contributed by atoms with Crippen molar-refractivity contribution in [1.29, 1.82) is 0 Å². The van der Waals surface area contributed by atoms with Crippen LogP contribution >= 0.6 is 22.9 Å². The van der Waals surface area contributed by atoms with Crippen LogP contribution in [0.4, 0.5) is 22.7 Å². The largest absolute Gasteiger partial charge is 0.419 e. The van der Waals surface area contributed by atoms with E-state index in [2.05, 4.69) is 15.3 Å². The molecule has 5 aromatic rings. The van der Waals surface area contributed by atoms with E-state index >= 15 is 0 Å². The first-order chi connectivity index (χ1) is 18.2. The molecule has 0 unspecified atom stereocenters. The Balaban J connectivity index is 1.30. The molecule has 11 heteroatoms. The smallest absolute Gasteiger partial charge is 0.307 e. The van der Waals surface area contributed by atoms with Crippen molar-refractivity contribution in [3.05, 3.63) is 118 Å². The van der Waals surface area contributed by atoms with Crippen molar-refractivity contribution in [2.45, 2.75) is 12.6 Å². The minimum absolute atomic E-state index is 0.0284. The Hall–Kier alpha value is -4.02. The lowest BCUT2D eigenvalue weighted by Gasteiger charge is -2.09. The molecule has 2 aromatic carbocycles. The molecule has 0 aliphatic heterocycles. The number of rotatable bonds is 6. The highest BCUT2D eigenvalue weighted by molar-refractivity contribution is 7.14. The molecule has 0 spiro atoms. The van der Waals surface area contributed by atoms with E-state index in [1.807, 2.05) is 48.8 Å². The molecule has 1 amide bonds. The molecular formula is C27H17ClF4N4OS. The van der Waals surface area contributed by atoms with Crippen molar-refractivity contribution in [2.75, 3.05) is 5.32 Å². The molecule has 0 saturated carbocycles. The maximum Gasteiger partial charge on any atom is 0.419 e. The average molecular weight is 557 g/mol. The number of benzene rings is 2. The van der Waals surface area contributed by atoms with E-state index in [0.717, 1.165) is 35.0 Å². The van der Waals surface area contributed by atoms with Crippen molar-refractivity contribution in [3.63, 3.8) is 0 Å². The van der Waals surface area contributed by atoms with Gasteiger partial charge in [0.1, 0.15) is 5.82 Å². The molecule has 0 aliphatic carbocycles. The molecule has 192 valence electrons. The second kappa shape index (κ2) is 10.4. The molecule has 0 fully saturated rings. The normalized spacial score (nSPS) is 11.5. The fraction of sp³-hybridized carbons (Fsp3) is 0.0741. The first-order valence-electron chi connectivity index (χ1n) is 11.2. The van der Waals surface area contributed by atoms with E-state index in [0.29, 0.717) is 11.9 Å². The summed E-state index contributed by atoms with van der Waals surface area (Å²) in [7, 11) is 0. The third-order valence-corrected chi connectivity index (χ3v) is 6.67. The molecule has 38 heavy (non-hydrogen) atoms. The van der Waals surface area contributed by atoms with Gasteiger partial charge in [0.2, 0.25) is 0 Å². The lowest BCUT2D eigenvalue weighted by Crippen LogP contribution is -2.13. The summed E-state index contributed by atoms with van der Waals surface area (Å²) in [5.41, 5.74) is 0.648. The number of nitrogens with zero attached hydrogens (tertiary/aromatic N) is 3. The van der Waals surface area contributed by atoms with Gasteiger partial charge in [-0.3, -0.25) is 10.1 Å².